The van der Waals surface area contributed by atoms with Crippen LogP contribution in [0, 0.1) is 5.82 Å². The van der Waals surface area contributed by atoms with Crippen molar-refractivity contribution in [1.82, 2.24) is 0 Å². The first-order valence-corrected chi connectivity index (χ1v) is 4.74. The molecule has 0 aliphatic rings. The number of benzene rings is 1. The van der Waals surface area contributed by atoms with E-state index in [0.717, 1.165) is 5.56 Å². The number of hydrogen-bond donors (Lipinski definition) is 0. The molecule has 0 atom stereocenters. The van der Waals surface area contributed by atoms with Gasteiger partial charge in [0.2, 0.25) is 0 Å². The van der Waals surface area contributed by atoms with Crippen LogP contribution in [-0.2, 0) is 0 Å². The third-order valence-corrected chi connectivity index (χ3v) is 2.25. The van der Waals surface area contributed by atoms with Crippen molar-refractivity contribution < 1.29 is 39.1 Å². The maximum atomic E-state index is 12.7. The second-order valence-corrected chi connectivity index (χ2v) is 3.36. The molecule has 0 fully saturated rings. The number of halogens is 1. The molecule has 17 heavy (non-hydrogen) atoms. The fourth-order valence-electron chi connectivity index (χ4n) is 1.39. The first-order valence-electron chi connectivity index (χ1n) is 4.74. The quantitative estimate of drug-likeness (QED) is 0.594. The first-order chi connectivity index (χ1) is 7.66. The Hall–Kier alpha value is -1.16. The van der Waals surface area contributed by atoms with Gasteiger partial charge in [-0.15, -0.1) is 0 Å². The van der Waals surface area contributed by atoms with Gasteiger partial charge in [0.15, 0.2) is 5.43 Å². The van der Waals surface area contributed by atoms with Crippen LogP contribution in [0.15, 0.2) is 53.3 Å². The summed E-state index contributed by atoms with van der Waals surface area (Å²) in [6.07, 6.45) is 0. The van der Waals surface area contributed by atoms with Gasteiger partial charge in [-0.3, -0.25) is 4.79 Å². The van der Waals surface area contributed by atoms with Gasteiger partial charge in [-0.1, -0.05) is 36.1 Å². The molecule has 0 saturated heterocycles. The van der Waals surface area contributed by atoms with Crippen molar-refractivity contribution in [2.75, 3.05) is 0 Å². The molecule has 0 N–H and O–H groups in total. The standard InChI is InChI=1S/C13H9FO2.Na/c14-11-5-1-9(2-6-11)10-3-7-12(15)13(16)8-4-10;/h1-8H,(H,15,16);/q;+1/p-1. The Morgan fingerprint density at radius 2 is 1.29 bits per heavy atom. The fraction of sp³-hybridized carbons (Fsp3) is 0. The van der Waals surface area contributed by atoms with E-state index in [4.69, 9.17) is 0 Å². The average molecular weight is 238 g/mol. The van der Waals surface area contributed by atoms with Crippen LogP contribution >= 0.6 is 0 Å². The summed E-state index contributed by atoms with van der Waals surface area (Å²) in [5.74, 6) is -0.869. The zero-order valence-electron chi connectivity index (χ0n) is 9.31. The molecule has 0 aromatic heterocycles. The minimum Gasteiger partial charge on any atom is -0.870 e. The molecule has 0 bridgehead atoms. The molecule has 2 rings (SSSR count). The Morgan fingerprint density at radius 3 is 1.88 bits per heavy atom. The van der Waals surface area contributed by atoms with Crippen LogP contribution in [0.3, 0.4) is 0 Å². The SMILES string of the molecule is O=c1ccc(-c2ccc(F)cc2)ccc1[O-].[Na+]. The van der Waals surface area contributed by atoms with Crippen LogP contribution in [0.2, 0.25) is 0 Å². The first kappa shape index (κ1) is 13.9. The molecule has 0 heterocycles. The Labute approximate surface area is 120 Å². The van der Waals surface area contributed by atoms with Crippen molar-refractivity contribution >= 4 is 0 Å². The molecule has 0 spiro atoms. The molecule has 0 amide bonds. The van der Waals surface area contributed by atoms with E-state index in [2.05, 4.69) is 0 Å². The van der Waals surface area contributed by atoms with E-state index in [9.17, 15) is 14.3 Å². The molecular formula is C13H8FNaO2. The molecule has 80 valence electrons. The van der Waals surface area contributed by atoms with Crippen LogP contribution in [0.25, 0.3) is 11.1 Å². The minimum atomic E-state index is -0.548. The van der Waals surface area contributed by atoms with Crippen molar-refractivity contribution in [2.24, 2.45) is 0 Å². The van der Waals surface area contributed by atoms with Crippen LogP contribution in [0.4, 0.5) is 4.39 Å². The molecule has 2 aromatic carbocycles. The summed E-state index contributed by atoms with van der Waals surface area (Å²) in [7, 11) is 0. The van der Waals surface area contributed by atoms with Crippen molar-refractivity contribution in [3.8, 4) is 16.9 Å². The summed E-state index contributed by atoms with van der Waals surface area (Å²) in [6, 6.07) is 11.4. The van der Waals surface area contributed by atoms with Gasteiger partial charge >= 0.3 is 29.6 Å². The molecular weight excluding hydrogens is 230 g/mol. The van der Waals surface area contributed by atoms with E-state index in [-0.39, 0.29) is 35.4 Å². The van der Waals surface area contributed by atoms with Gasteiger partial charge in [0.1, 0.15) is 5.82 Å². The van der Waals surface area contributed by atoms with Crippen molar-refractivity contribution in [3.63, 3.8) is 0 Å². The maximum absolute atomic E-state index is 12.7. The second-order valence-electron chi connectivity index (χ2n) is 3.36. The zero-order valence-corrected chi connectivity index (χ0v) is 11.3. The summed E-state index contributed by atoms with van der Waals surface area (Å²) in [5.41, 5.74) is 0.920. The normalized spacial score (nSPS) is 9.47. The predicted octanol–water partition coefficient (Wildman–Crippen LogP) is -1.07. The summed E-state index contributed by atoms with van der Waals surface area (Å²) in [6.45, 7) is 0. The van der Waals surface area contributed by atoms with Crippen molar-refractivity contribution in [2.45, 2.75) is 0 Å². The largest absolute Gasteiger partial charge is 1.00 e. The summed E-state index contributed by atoms with van der Waals surface area (Å²) in [5, 5.41) is 11.1. The van der Waals surface area contributed by atoms with Crippen LogP contribution in [0.5, 0.6) is 5.75 Å². The third kappa shape index (κ3) is 3.40. The van der Waals surface area contributed by atoms with Crippen LogP contribution < -0.4 is 40.1 Å². The van der Waals surface area contributed by atoms with Gasteiger partial charge in [0, 0.05) is 0 Å². The molecule has 4 heteroatoms. The molecule has 2 aromatic rings. The molecule has 2 nitrogen and oxygen atoms in total. The zero-order chi connectivity index (χ0) is 11.5. The molecule has 0 radical (unpaired) electrons. The van der Waals surface area contributed by atoms with Crippen LogP contribution in [0.1, 0.15) is 0 Å². The molecule has 0 aliphatic carbocycles. The Kier molecular flexibility index (Phi) is 4.87. The van der Waals surface area contributed by atoms with Crippen molar-refractivity contribution in [1.29, 1.82) is 0 Å². The minimum absolute atomic E-state index is 0. The van der Waals surface area contributed by atoms with Crippen LogP contribution in [-0.4, -0.2) is 0 Å². The molecule has 0 unspecified atom stereocenters. The second kappa shape index (κ2) is 5.96. The summed E-state index contributed by atoms with van der Waals surface area (Å²) < 4.78 is 12.7. The topological polar surface area (TPSA) is 40.1 Å². The van der Waals surface area contributed by atoms with E-state index in [1.54, 1.807) is 24.3 Å². The van der Waals surface area contributed by atoms with E-state index in [1.807, 2.05) is 0 Å². The summed E-state index contributed by atoms with van der Waals surface area (Å²) in [4.78, 5) is 11.1. The van der Waals surface area contributed by atoms with Crippen molar-refractivity contribution in [3.05, 3.63) is 64.6 Å². The van der Waals surface area contributed by atoms with Gasteiger partial charge in [-0.05, 0) is 29.3 Å². The smallest absolute Gasteiger partial charge is 0.870 e. The van der Waals surface area contributed by atoms with E-state index in [0.29, 0.717) is 5.56 Å². The van der Waals surface area contributed by atoms with E-state index in [1.165, 1.54) is 24.3 Å². The predicted molar refractivity (Wildman–Crippen MR) is 57.6 cm³/mol. The molecule has 0 aliphatic heterocycles. The maximum Gasteiger partial charge on any atom is 1.00 e. The van der Waals surface area contributed by atoms with Gasteiger partial charge in [-0.2, -0.15) is 0 Å². The number of rotatable bonds is 1. The summed E-state index contributed by atoms with van der Waals surface area (Å²) >= 11 is 0. The van der Waals surface area contributed by atoms with Gasteiger partial charge in [0.05, 0.1) is 0 Å². The van der Waals surface area contributed by atoms with Gasteiger partial charge in [0.25, 0.3) is 0 Å². The Morgan fingerprint density at radius 1 is 0.824 bits per heavy atom. The van der Waals surface area contributed by atoms with Gasteiger partial charge in [-0.25, -0.2) is 4.39 Å². The van der Waals surface area contributed by atoms with Gasteiger partial charge < -0.3 is 5.11 Å². The fourth-order valence-corrected chi connectivity index (χ4v) is 1.39. The molecule has 0 saturated carbocycles. The number of hydrogen-bond acceptors (Lipinski definition) is 2. The third-order valence-electron chi connectivity index (χ3n) is 2.25. The Bertz CT molecular complexity index is 567. The monoisotopic (exact) mass is 238 g/mol. The van der Waals surface area contributed by atoms with E-state index >= 15 is 0 Å². The Balaban J connectivity index is 0.00000144. The average Bonchev–Trinajstić information content (AvgIpc) is 2.44. The van der Waals surface area contributed by atoms with E-state index < -0.39 is 11.2 Å².